The molecule has 0 saturated carbocycles. The number of halogens is 1. The Balaban J connectivity index is 1.84. The quantitative estimate of drug-likeness (QED) is 0.597. The van der Waals surface area contributed by atoms with Crippen molar-refractivity contribution < 1.29 is 29.0 Å². The summed E-state index contributed by atoms with van der Waals surface area (Å²) in [5.74, 6) is -1.16. The minimum absolute atomic E-state index is 0.0702. The minimum atomic E-state index is -1.05. The van der Waals surface area contributed by atoms with Crippen molar-refractivity contribution in [3.05, 3.63) is 64.3 Å². The summed E-state index contributed by atoms with van der Waals surface area (Å²) in [6, 6.07) is 11.5. The molecule has 1 aliphatic rings. The van der Waals surface area contributed by atoms with Crippen molar-refractivity contribution in [1.29, 1.82) is 0 Å². The van der Waals surface area contributed by atoms with E-state index in [1.54, 1.807) is 36.4 Å². The van der Waals surface area contributed by atoms with E-state index in [1.807, 2.05) is 0 Å². The van der Waals surface area contributed by atoms with Crippen molar-refractivity contribution in [3.63, 3.8) is 0 Å². The Morgan fingerprint density at radius 3 is 2.62 bits per heavy atom. The van der Waals surface area contributed by atoms with Gasteiger partial charge in [0.15, 0.2) is 11.5 Å². The number of carbonyl (C=O) groups is 3. The van der Waals surface area contributed by atoms with Crippen LogP contribution in [0.15, 0.2) is 48.2 Å². The molecule has 2 aromatic carbocycles. The van der Waals surface area contributed by atoms with Crippen molar-refractivity contribution >= 4 is 35.5 Å². The zero-order valence-electron chi connectivity index (χ0n) is 15.1. The number of hydrogen-bond acceptors (Lipinski definition) is 5. The van der Waals surface area contributed by atoms with Crippen molar-refractivity contribution in [1.82, 2.24) is 10.6 Å². The number of carboxylic acid groups (broad SMARTS) is 1. The summed E-state index contributed by atoms with van der Waals surface area (Å²) in [5.41, 5.74) is 0.709. The van der Waals surface area contributed by atoms with Gasteiger partial charge >= 0.3 is 5.97 Å². The summed E-state index contributed by atoms with van der Waals surface area (Å²) in [5, 5.41) is 14.0. The summed E-state index contributed by atoms with van der Waals surface area (Å²) in [6.45, 7) is 0.0167. The monoisotopic (exact) mass is 416 g/mol. The number of fused-ring (bicyclic) bond motifs is 1. The number of nitrogens with one attached hydrogen (secondary N) is 2. The molecule has 0 unspecified atom stereocenters. The maximum Gasteiger partial charge on any atom is 0.305 e. The summed E-state index contributed by atoms with van der Waals surface area (Å²) < 4.78 is 10.6. The van der Waals surface area contributed by atoms with Gasteiger partial charge in [-0.05, 0) is 35.9 Å². The van der Waals surface area contributed by atoms with Gasteiger partial charge in [-0.25, -0.2) is 0 Å². The van der Waals surface area contributed by atoms with Crippen molar-refractivity contribution in [2.45, 2.75) is 6.42 Å². The third kappa shape index (κ3) is 5.26. The molecule has 0 radical (unpaired) electrons. The molecule has 0 spiro atoms. The normalized spacial score (nSPS) is 12.4. The fourth-order valence-corrected chi connectivity index (χ4v) is 2.76. The molecule has 150 valence electrons. The number of hydrogen-bond donors (Lipinski definition) is 3. The van der Waals surface area contributed by atoms with Gasteiger partial charge in [0, 0.05) is 6.54 Å². The van der Waals surface area contributed by atoms with Gasteiger partial charge in [0.05, 0.1) is 17.0 Å². The van der Waals surface area contributed by atoms with E-state index in [-0.39, 0.29) is 36.0 Å². The molecule has 29 heavy (non-hydrogen) atoms. The Hall–Kier alpha value is -3.52. The third-order valence-electron chi connectivity index (χ3n) is 3.94. The van der Waals surface area contributed by atoms with E-state index >= 15 is 0 Å². The molecule has 1 heterocycles. The van der Waals surface area contributed by atoms with Crippen LogP contribution in [0.1, 0.15) is 22.3 Å². The van der Waals surface area contributed by atoms with Crippen molar-refractivity contribution in [3.8, 4) is 11.5 Å². The first kappa shape index (κ1) is 20.2. The van der Waals surface area contributed by atoms with Crippen LogP contribution in [0.4, 0.5) is 0 Å². The Kier molecular flexibility index (Phi) is 6.36. The van der Waals surface area contributed by atoms with E-state index in [0.29, 0.717) is 17.1 Å². The van der Waals surface area contributed by atoms with Crippen LogP contribution in [0.25, 0.3) is 6.08 Å². The van der Waals surface area contributed by atoms with E-state index in [2.05, 4.69) is 10.6 Å². The van der Waals surface area contributed by atoms with Crippen LogP contribution in [0.5, 0.6) is 11.5 Å². The smallest absolute Gasteiger partial charge is 0.305 e. The number of aliphatic carboxylic acids is 1. The van der Waals surface area contributed by atoms with Gasteiger partial charge in [-0.15, -0.1) is 0 Å². The Bertz CT molecular complexity index is 989. The first-order valence-corrected chi connectivity index (χ1v) is 8.99. The lowest BCUT2D eigenvalue weighted by Gasteiger charge is -2.11. The maximum atomic E-state index is 12.6. The SMILES string of the molecule is O=C(O)CCNC(=O)/C(=C\c1ccc2c(c1)OCO2)NC(=O)c1ccccc1Cl. The van der Waals surface area contributed by atoms with Gasteiger partial charge in [0.25, 0.3) is 11.8 Å². The first-order chi connectivity index (χ1) is 13.9. The number of carboxylic acids is 1. The number of amides is 2. The average Bonchev–Trinajstić information content (AvgIpc) is 3.15. The number of carbonyl (C=O) groups excluding carboxylic acids is 2. The molecule has 3 N–H and O–H groups in total. The Morgan fingerprint density at radius 2 is 1.86 bits per heavy atom. The second-order valence-electron chi connectivity index (χ2n) is 6.00. The van der Waals surface area contributed by atoms with Crippen LogP contribution in [-0.4, -0.2) is 36.2 Å². The fourth-order valence-electron chi connectivity index (χ4n) is 2.54. The van der Waals surface area contributed by atoms with E-state index in [9.17, 15) is 14.4 Å². The van der Waals surface area contributed by atoms with Crippen LogP contribution < -0.4 is 20.1 Å². The van der Waals surface area contributed by atoms with Crippen LogP contribution in [-0.2, 0) is 9.59 Å². The van der Waals surface area contributed by atoms with E-state index < -0.39 is 17.8 Å². The molecule has 0 bridgehead atoms. The molecule has 0 saturated heterocycles. The van der Waals surface area contributed by atoms with E-state index in [1.165, 1.54) is 12.1 Å². The standard InChI is InChI=1S/C20H17ClN2O6/c21-14-4-2-1-3-13(14)19(26)23-15(20(27)22-8-7-18(24)25)9-12-5-6-16-17(10-12)29-11-28-16/h1-6,9-10H,7-8,11H2,(H,22,27)(H,23,26)(H,24,25)/b15-9+. The van der Waals surface area contributed by atoms with Gasteiger partial charge in [-0.3, -0.25) is 14.4 Å². The Morgan fingerprint density at radius 1 is 1.10 bits per heavy atom. The topological polar surface area (TPSA) is 114 Å². The van der Waals surface area contributed by atoms with Gasteiger partial charge in [-0.1, -0.05) is 29.8 Å². The second-order valence-corrected chi connectivity index (χ2v) is 6.41. The zero-order chi connectivity index (χ0) is 20.8. The van der Waals surface area contributed by atoms with Crippen molar-refractivity contribution in [2.75, 3.05) is 13.3 Å². The van der Waals surface area contributed by atoms with Gasteiger partial charge < -0.3 is 25.2 Å². The molecule has 9 heteroatoms. The molecule has 0 aliphatic carbocycles. The second kappa shape index (κ2) is 9.11. The molecule has 0 atom stereocenters. The minimum Gasteiger partial charge on any atom is -0.481 e. The summed E-state index contributed by atoms with van der Waals surface area (Å²) in [6.07, 6.45) is 1.20. The molecule has 1 aliphatic heterocycles. The predicted octanol–water partition coefficient (Wildman–Crippen LogP) is 2.43. The van der Waals surface area contributed by atoms with Crippen LogP contribution in [0.2, 0.25) is 5.02 Å². The lowest BCUT2D eigenvalue weighted by molar-refractivity contribution is -0.136. The van der Waals surface area contributed by atoms with E-state index in [0.717, 1.165) is 0 Å². The highest BCUT2D eigenvalue weighted by molar-refractivity contribution is 6.34. The lowest BCUT2D eigenvalue weighted by atomic mass is 10.1. The van der Waals surface area contributed by atoms with Crippen LogP contribution >= 0.6 is 11.6 Å². The lowest BCUT2D eigenvalue weighted by Crippen LogP contribution is -2.35. The molecular weight excluding hydrogens is 400 g/mol. The number of rotatable bonds is 7. The maximum absolute atomic E-state index is 12.6. The Labute approximate surface area is 171 Å². The third-order valence-corrected chi connectivity index (χ3v) is 4.27. The summed E-state index contributed by atoms with van der Waals surface area (Å²) in [4.78, 5) is 35.8. The highest BCUT2D eigenvalue weighted by Gasteiger charge is 2.18. The number of ether oxygens (including phenoxy) is 2. The highest BCUT2D eigenvalue weighted by atomic mass is 35.5. The van der Waals surface area contributed by atoms with Gasteiger partial charge in [0.1, 0.15) is 5.70 Å². The molecule has 2 aromatic rings. The number of benzene rings is 2. The largest absolute Gasteiger partial charge is 0.481 e. The molecule has 2 amide bonds. The van der Waals surface area contributed by atoms with E-state index in [4.69, 9.17) is 26.2 Å². The molecule has 0 aromatic heterocycles. The molecule has 8 nitrogen and oxygen atoms in total. The molecule has 3 rings (SSSR count). The van der Waals surface area contributed by atoms with Gasteiger partial charge in [-0.2, -0.15) is 0 Å². The zero-order valence-corrected chi connectivity index (χ0v) is 15.9. The molecule has 0 fully saturated rings. The summed E-state index contributed by atoms with van der Waals surface area (Å²) in [7, 11) is 0. The van der Waals surface area contributed by atoms with Gasteiger partial charge in [0.2, 0.25) is 6.79 Å². The first-order valence-electron chi connectivity index (χ1n) is 8.61. The van der Waals surface area contributed by atoms with Crippen LogP contribution in [0.3, 0.4) is 0 Å². The van der Waals surface area contributed by atoms with Crippen LogP contribution in [0, 0.1) is 0 Å². The molecular formula is C20H17ClN2O6. The highest BCUT2D eigenvalue weighted by Crippen LogP contribution is 2.33. The average molecular weight is 417 g/mol. The predicted molar refractivity (Wildman–Crippen MR) is 105 cm³/mol. The van der Waals surface area contributed by atoms with Crippen molar-refractivity contribution in [2.24, 2.45) is 0 Å². The fraction of sp³-hybridized carbons (Fsp3) is 0.150. The summed E-state index contributed by atoms with van der Waals surface area (Å²) >= 11 is 6.05.